The number of benzene rings is 1. The summed E-state index contributed by atoms with van der Waals surface area (Å²) in [7, 11) is 1.84. The second-order valence-corrected chi connectivity index (χ2v) is 9.61. The first kappa shape index (κ1) is 21.3. The first-order chi connectivity index (χ1) is 14.8. The van der Waals surface area contributed by atoms with Crippen LogP contribution in [0.25, 0.3) is 0 Å². The molecule has 1 aromatic carbocycles. The minimum absolute atomic E-state index is 0.795. The number of rotatable bonds is 8. The van der Waals surface area contributed by atoms with Crippen molar-refractivity contribution in [2.45, 2.75) is 64.5 Å². The summed E-state index contributed by atoms with van der Waals surface area (Å²) in [5.41, 5.74) is 4.07. The van der Waals surface area contributed by atoms with Crippen LogP contribution in [0.2, 0.25) is 0 Å². The first-order valence-corrected chi connectivity index (χ1v) is 12.3. The molecule has 1 fully saturated rings. The van der Waals surface area contributed by atoms with Gasteiger partial charge in [0, 0.05) is 38.0 Å². The maximum absolute atomic E-state index is 4.84. The number of aryl methyl sites for hydroxylation is 3. The van der Waals surface area contributed by atoms with E-state index >= 15 is 0 Å². The van der Waals surface area contributed by atoms with Gasteiger partial charge >= 0.3 is 0 Å². The van der Waals surface area contributed by atoms with E-state index in [0.29, 0.717) is 0 Å². The van der Waals surface area contributed by atoms with Crippen LogP contribution in [0.1, 0.15) is 58.8 Å². The molecule has 0 bridgehead atoms. The molecule has 0 spiro atoms. The molecule has 162 valence electrons. The third kappa shape index (κ3) is 6.05. The summed E-state index contributed by atoms with van der Waals surface area (Å²) in [6.07, 6.45) is 9.89. The molecule has 5 nitrogen and oxygen atoms in total. The third-order valence-corrected chi connectivity index (χ3v) is 7.28. The van der Waals surface area contributed by atoms with E-state index in [1.807, 2.05) is 18.4 Å². The van der Waals surface area contributed by atoms with Gasteiger partial charge in [-0.3, -0.25) is 9.89 Å². The number of aliphatic imine (C=N–C) groups is 1. The third-order valence-electron chi connectivity index (χ3n) is 6.06. The maximum atomic E-state index is 4.84. The molecule has 1 aromatic heterocycles. The topological polar surface area (TPSA) is 52.6 Å². The van der Waals surface area contributed by atoms with Crippen molar-refractivity contribution in [3.8, 4) is 0 Å². The fourth-order valence-corrected chi connectivity index (χ4v) is 5.53. The molecule has 0 saturated carbocycles. The van der Waals surface area contributed by atoms with Crippen LogP contribution in [0.4, 0.5) is 0 Å². The number of fused-ring (bicyclic) bond motifs is 1. The van der Waals surface area contributed by atoms with Gasteiger partial charge in [0.25, 0.3) is 0 Å². The van der Waals surface area contributed by atoms with Gasteiger partial charge in [0.05, 0.1) is 10.7 Å². The lowest BCUT2D eigenvalue weighted by Crippen LogP contribution is -2.37. The van der Waals surface area contributed by atoms with Crippen LogP contribution in [-0.2, 0) is 32.4 Å². The largest absolute Gasteiger partial charge is 0.356 e. The zero-order valence-corrected chi connectivity index (χ0v) is 19.1. The van der Waals surface area contributed by atoms with Gasteiger partial charge < -0.3 is 10.6 Å². The monoisotopic (exact) mass is 425 g/mol. The molecule has 6 heteroatoms. The molecule has 1 aliphatic heterocycles. The first-order valence-electron chi connectivity index (χ1n) is 11.5. The van der Waals surface area contributed by atoms with Gasteiger partial charge in [-0.15, -0.1) is 11.3 Å². The standard InChI is InChI=1S/C24H35N5S/c1-25-24(26-14-6-9-23-28-21-7-2-3-8-22(21)30-23)27-17-19-10-12-20(13-11-19)18-29-15-4-5-16-29/h10-13H,2-9,14-18H2,1H3,(H2,25,26,27). The smallest absolute Gasteiger partial charge is 0.191 e. The Hall–Kier alpha value is -1.92. The molecule has 4 rings (SSSR count). The lowest BCUT2D eigenvalue weighted by Gasteiger charge is -2.15. The Kier molecular flexibility index (Phi) is 7.76. The Morgan fingerprint density at radius 1 is 1.03 bits per heavy atom. The van der Waals surface area contributed by atoms with Gasteiger partial charge in [-0.25, -0.2) is 4.98 Å². The van der Waals surface area contributed by atoms with E-state index in [9.17, 15) is 0 Å². The predicted octanol–water partition coefficient (Wildman–Crippen LogP) is 3.92. The van der Waals surface area contributed by atoms with Crippen LogP contribution >= 0.6 is 11.3 Å². The van der Waals surface area contributed by atoms with Crippen molar-refractivity contribution < 1.29 is 0 Å². The average Bonchev–Trinajstić information content (AvgIpc) is 3.43. The van der Waals surface area contributed by atoms with Crippen molar-refractivity contribution in [2.24, 2.45) is 4.99 Å². The summed E-state index contributed by atoms with van der Waals surface area (Å²) in [5, 5.41) is 8.18. The Balaban J connectivity index is 1.15. The van der Waals surface area contributed by atoms with Crippen LogP contribution < -0.4 is 10.6 Å². The molecule has 1 saturated heterocycles. The minimum atomic E-state index is 0.795. The molecule has 1 aliphatic carbocycles. The summed E-state index contributed by atoms with van der Waals surface area (Å²) in [6.45, 7) is 5.28. The number of hydrogen-bond acceptors (Lipinski definition) is 4. The molecule has 2 N–H and O–H groups in total. The maximum Gasteiger partial charge on any atom is 0.191 e. The predicted molar refractivity (Wildman–Crippen MR) is 126 cm³/mol. The molecule has 0 atom stereocenters. The van der Waals surface area contributed by atoms with E-state index in [1.165, 1.54) is 78.3 Å². The van der Waals surface area contributed by atoms with E-state index in [0.717, 1.165) is 38.4 Å². The molecule has 30 heavy (non-hydrogen) atoms. The zero-order chi connectivity index (χ0) is 20.6. The van der Waals surface area contributed by atoms with Crippen molar-refractivity contribution in [2.75, 3.05) is 26.7 Å². The Morgan fingerprint density at radius 3 is 2.57 bits per heavy atom. The number of hydrogen-bond donors (Lipinski definition) is 2. The molecule has 0 amide bonds. The fourth-order valence-electron chi connectivity index (χ4n) is 4.33. The molecule has 2 heterocycles. The van der Waals surface area contributed by atoms with Crippen molar-refractivity contribution in [1.82, 2.24) is 20.5 Å². The highest BCUT2D eigenvalue weighted by Gasteiger charge is 2.15. The zero-order valence-electron chi connectivity index (χ0n) is 18.3. The number of guanidine groups is 1. The second kappa shape index (κ2) is 10.9. The molecular formula is C24H35N5S. The Bertz CT molecular complexity index is 797. The lowest BCUT2D eigenvalue weighted by molar-refractivity contribution is 0.331. The number of nitrogens with one attached hydrogen (secondary N) is 2. The van der Waals surface area contributed by atoms with E-state index < -0.39 is 0 Å². The van der Waals surface area contributed by atoms with Crippen molar-refractivity contribution >= 4 is 17.3 Å². The van der Waals surface area contributed by atoms with Gasteiger partial charge in [0.15, 0.2) is 5.96 Å². The Morgan fingerprint density at radius 2 is 1.80 bits per heavy atom. The van der Waals surface area contributed by atoms with Gasteiger partial charge in [-0.1, -0.05) is 24.3 Å². The lowest BCUT2D eigenvalue weighted by atomic mass is 10.0. The SMILES string of the molecule is CN=C(NCCCc1nc2c(s1)CCCC2)NCc1ccc(CN2CCCC2)cc1. The number of aromatic nitrogens is 1. The van der Waals surface area contributed by atoms with Crippen molar-refractivity contribution in [1.29, 1.82) is 0 Å². The summed E-state index contributed by atoms with van der Waals surface area (Å²) >= 11 is 1.93. The molecule has 0 unspecified atom stereocenters. The molecule has 2 aliphatic rings. The molecular weight excluding hydrogens is 390 g/mol. The Labute approximate surface area is 185 Å². The van der Waals surface area contributed by atoms with Gasteiger partial charge in [0.2, 0.25) is 0 Å². The highest BCUT2D eigenvalue weighted by molar-refractivity contribution is 7.11. The van der Waals surface area contributed by atoms with Crippen LogP contribution in [0.3, 0.4) is 0 Å². The van der Waals surface area contributed by atoms with Gasteiger partial charge in [0.1, 0.15) is 0 Å². The van der Waals surface area contributed by atoms with Gasteiger partial charge in [-0.2, -0.15) is 0 Å². The van der Waals surface area contributed by atoms with Crippen LogP contribution in [0, 0.1) is 0 Å². The average molecular weight is 426 g/mol. The van der Waals surface area contributed by atoms with E-state index in [2.05, 4.69) is 44.8 Å². The quantitative estimate of drug-likeness (QED) is 0.382. The summed E-state index contributed by atoms with van der Waals surface area (Å²) < 4.78 is 0. The minimum Gasteiger partial charge on any atom is -0.356 e. The van der Waals surface area contributed by atoms with E-state index in [-0.39, 0.29) is 0 Å². The van der Waals surface area contributed by atoms with E-state index in [1.54, 1.807) is 0 Å². The highest BCUT2D eigenvalue weighted by atomic mass is 32.1. The number of nitrogens with zero attached hydrogens (tertiary/aromatic N) is 3. The number of likely N-dealkylation sites (tertiary alicyclic amines) is 1. The highest BCUT2D eigenvalue weighted by Crippen LogP contribution is 2.27. The second-order valence-electron chi connectivity index (χ2n) is 8.44. The normalized spacial score (nSPS) is 17.2. The molecule has 2 aromatic rings. The van der Waals surface area contributed by atoms with Crippen LogP contribution in [0.5, 0.6) is 0 Å². The van der Waals surface area contributed by atoms with Crippen molar-refractivity contribution in [3.05, 3.63) is 51.0 Å². The summed E-state index contributed by atoms with van der Waals surface area (Å²) in [6, 6.07) is 8.99. The summed E-state index contributed by atoms with van der Waals surface area (Å²) in [5.74, 6) is 0.870. The fraction of sp³-hybridized carbons (Fsp3) is 0.583. The van der Waals surface area contributed by atoms with E-state index in [4.69, 9.17) is 4.98 Å². The van der Waals surface area contributed by atoms with Gasteiger partial charge in [-0.05, 0) is 69.2 Å². The number of thiazole rings is 1. The molecule has 0 radical (unpaired) electrons. The van der Waals surface area contributed by atoms with Crippen LogP contribution in [0.15, 0.2) is 29.3 Å². The summed E-state index contributed by atoms with van der Waals surface area (Å²) in [4.78, 5) is 13.3. The van der Waals surface area contributed by atoms with Crippen molar-refractivity contribution in [3.63, 3.8) is 0 Å². The van der Waals surface area contributed by atoms with Crippen LogP contribution in [-0.4, -0.2) is 42.5 Å².